The highest BCUT2D eigenvalue weighted by Gasteiger charge is 2.22. The van der Waals surface area contributed by atoms with Crippen molar-refractivity contribution in [3.05, 3.63) is 78.6 Å². The van der Waals surface area contributed by atoms with E-state index in [0.29, 0.717) is 29.6 Å². The van der Waals surface area contributed by atoms with Crippen LogP contribution in [-0.4, -0.2) is 32.0 Å². The Balaban J connectivity index is 1.64. The lowest BCUT2D eigenvalue weighted by molar-refractivity contribution is -0.119. The molecule has 1 heterocycles. The van der Waals surface area contributed by atoms with Crippen molar-refractivity contribution in [1.29, 1.82) is 0 Å². The van der Waals surface area contributed by atoms with Crippen molar-refractivity contribution in [3.63, 3.8) is 0 Å². The van der Waals surface area contributed by atoms with Gasteiger partial charge in [0.1, 0.15) is 5.82 Å². The van der Waals surface area contributed by atoms with Crippen molar-refractivity contribution in [2.45, 2.75) is 30.4 Å². The van der Waals surface area contributed by atoms with Crippen LogP contribution in [0.5, 0.6) is 0 Å². The molecule has 3 aromatic rings. The number of hydrogen-bond acceptors (Lipinski definition) is 5. The fourth-order valence-electron chi connectivity index (χ4n) is 2.76. The Labute approximate surface area is 183 Å². The van der Waals surface area contributed by atoms with Crippen LogP contribution in [0.25, 0.3) is 11.4 Å². The lowest BCUT2D eigenvalue weighted by atomic mass is 10.2. The molecule has 9 heteroatoms. The van der Waals surface area contributed by atoms with Gasteiger partial charge in [-0.25, -0.2) is 9.18 Å². The Morgan fingerprint density at radius 2 is 1.87 bits per heavy atom. The molecule has 3 rings (SSSR count). The zero-order chi connectivity index (χ0) is 22.2. The number of halogens is 1. The maximum absolute atomic E-state index is 14.2. The number of urea groups is 1. The minimum Gasteiger partial charge on any atom is -0.334 e. The average Bonchev–Trinajstić information content (AvgIpc) is 3.15. The van der Waals surface area contributed by atoms with E-state index in [1.807, 2.05) is 30.3 Å². The zero-order valence-corrected chi connectivity index (χ0v) is 17.7. The maximum Gasteiger partial charge on any atom is 0.321 e. The van der Waals surface area contributed by atoms with E-state index in [4.69, 9.17) is 0 Å². The van der Waals surface area contributed by atoms with Crippen molar-refractivity contribution < 1.29 is 14.0 Å². The van der Waals surface area contributed by atoms with Gasteiger partial charge in [-0.2, -0.15) is 0 Å². The summed E-state index contributed by atoms with van der Waals surface area (Å²) < 4.78 is 15.9. The summed E-state index contributed by atoms with van der Waals surface area (Å²) in [6.45, 7) is 6.02. The molecule has 0 bridgehead atoms. The number of hydrogen-bond donors (Lipinski definition) is 2. The zero-order valence-electron chi connectivity index (χ0n) is 16.9. The van der Waals surface area contributed by atoms with Gasteiger partial charge in [0.2, 0.25) is 5.91 Å². The number of nitrogens with zero attached hydrogens (tertiary/aromatic N) is 3. The number of aromatic nitrogens is 3. The molecule has 0 fully saturated rings. The Kier molecular flexibility index (Phi) is 7.55. The first kappa shape index (κ1) is 22.2. The Morgan fingerprint density at radius 3 is 2.58 bits per heavy atom. The summed E-state index contributed by atoms with van der Waals surface area (Å²) in [5, 5.41) is 13.0. The summed E-state index contributed by atoms with van der Waals surface area (Å²) >= 11 is 1.12. The number of carbonyl (C=O) groups is 2. The fraction of sp³-hybridized carbons (Fsp3) is 0.182. The third-order valence-electron chi connectivity index (χ3n) is 4.33. The smallest absolute Gasteiger partial charge is 0.321 e. The lowest BCUT2D eigenvalue weighted by Crippen LogP contribution is -2.42. The molecule has 7 nitrogen and oxygen atoms in total. The summed E-state index contributed by atoms with van der Waals surface area (Å²) in [4.78, 5) is 24.5. The van der Waals surface area contributed by atoms with Crippen LogP contribution in [0.1, 0.15) is 12.5 Å². The van der Waals surface area contributed by atoms with E-state index < -0.39 is 23.0 Å². The quantitative estimate of drug-likeness (QED) is 0.412. The normalized spacial score (nSPS) is 11.5. The molecule has 2 aromatic carbocycles. The molecule has 1 atom stereocenters. The summed E-state index contributed by atoms with van der Waals surface area (Å²) in [7, 11) is 0. The third-order valence-corrected chi connectivity index (χ3v) is 5.41. The molecule has 0 radical (unpaired) electrons. The van der Waals surface area contributed by atoms with Crippen LogP contribution in [0.4, 0.5) is 9.18 Å². The first-order valence-corrected chi connectivity index (χ1v) is 10.5. The number of amides is 3. The van der Waals surface area contributed by atoms with Gasteiger partial charge in [0.05, 0.1) is 10.8 Å². The van der Waals surface area contributed by atoms with Gasteiger partial charge < -0.3 is 5.32 Å². The van der Waals surface area contributed by atoms with E-state index in [1.54, 1.807) is 35.8 Å². The van der Waals surface area contributed by atoms with Crippen molar-refractivity contribution in [2.24, 2.45) is 0 Å². The van der Waals surface area contributed by atoms with Gasteiger partial charge in [-0.1, -0.05) is 60.3 Å². The first-order chi connectivity index (χ1) is 15.0. The second kappa shape index (κ2) is 10.5. The molecule has 1 unspecified atom stereocenters. The van der Waals surface area contributed by atoms with Crippen LogP contribution in [0, 0.1) is 5.82 Å². The predicted octanol–water partition coefficient (Wildman–Crippen LogP) is 3.78. The lowest BCUT2D eigenvalue weighted by Gasteiger charge is -2.13. The van der Waals surface area contributed by atoms with Crippen LogP contribution in [-0.2, 0) is 17.9 Å². The van der Waals surface area contributed by atoms with E-state index in [9.17, 15) is 14.0 Å². The summed E-state index contributed by atoms with van der Waals surface area (Å²) in [5.41, 5.74) is 1.23. The number of thioether (sulfide) groups is 1. The summed E-state index contributed by atoms with van der Waals surface area (Å²) in [6.07, 6.45) is 1.64. The van der Waals surface area contributed by atoms with E-state index >= 15 is 0 Å². The molecule has 1 aromatic heterocycles. The molecule has 160 valence electrons. The molecule has 0 saturated carbocycles. The molecule has 0 spiro atoms. The standard InChI is InChI=1S/C22H22FN5O2S/c1-3-13-28-19(17-11-7-8-12-18(17)23)26-27-22(28)31-15(2)20(29)25-21(30)24-14-16-9-5-4-6-10-16/h3-12,15H,1,13-14H2,2H3,(H2,24,25,29,30). The van der Waals surface area contributed by atoms with Gasteiger partial charge in [-0.15, -0.1) is 16.8 Å². The first-order valence-electron chi connectivity index (χ1n) is 9.58. The Morgan fingerprint density at radius 1 is 1.16 bits per heavy atom. The highest BCUT2D eigenvalue weighted by atomic mass is 32.2. The van der Waals surface area contributed by atoms with E-state index in [2.05, 4.69) is 27.4 Å². The van der Waals surface area contributed by atoms with Crippen LogP contribution in [0.3, 0.4) is 0 Å². The molecule has 3 amide bonds. The number of rotatable bonds is 8. The van der Waals surface area contributed by atoms with Crippen molar-refractivity contribution in [3.8, 4) is 11.4 Å². The molecule has 0 aliphatic rings. The second-order valence-corrected chi connectivity index (χ2v) is 7.91. The molecular weight excluding hydrogens is 417 g/mol. The topological polar surface area (TPSA) is 88.9 Å². The Hall–Kier alpha value is -3.46. The molecular formula is C22H22FN5O2S. The number of benzene rings is 2. The molecule has 2 N–H and O–H groups in total. The van der Waals surface area contributed by atoms with Gasteiger partial charge in [0, 0.05) is 13.1 Å². The van der Waals surface area contributed by atoms with E-state index in [0.717, 1.165) is 17.3 Å². The maximum atomic E-state index is 14.2. The molecule has 31 heavy (non-hydrogen) atoms. The number of allylic oxidation sites excluding steroid dienone is 1. The number of imide groups is 1. The third kappa shape index (κ3) is 5.79. The fourth-order valence-corrected chi connectivity index (χ4v) is 3.62. The highest BCUT2D eigenvalue weighted by Crippen LogP contribution is 2.28. The van der Waals surface area contributed by atoms with Gasteiger partial charge in [0.15, 0.2) is 11.0 Å². The molecule has 0 aliphatic heterocycles. The SMILES string of the molecule is C=CCn1c(SC(C)C(=O)NC(=O)NCc2ccccc2)nnc1-c1ccccc1F. The summed E-state index contributed by atoms with van der Waals surface area (Å²) in [5.74, 6) is -0.553. The van der Waals surface area contributed by atoms with E-state index in [1.165, 1.54) is 6.07 Å². The predicted molar refractivity (Wildman–Crippen MR) is 118 cm³/mol. The number of nitrogens with one attached hydrogen (secondary N) is 2. The molecule has 0 aliphatic carbocycles. The average molecular weight is 440 g/mol. The minimum atomic E-state index is -0.635. The van der Waals surface area contributed by atoms with Crippen LogP contribution in [0.2, 0.25) is 0 Å². The van der Waals surface area contributed by atoms with Crippen LogP contribution < -0.4 is 10.6 Å². The monoisotopic (exact) mass is 439 g/mol. The minimum absolute atomic E-state index is 0.307. The van der Waals surface area contributed by atoms with Crippen molar-refractivity contribution in [1.82, 2.24) is 25.4 Å². The summed E-state index contributed by atoms with van der Waals surface area (Å²) in [6, 6.07) is 15.1. The van der Waals surface area contributed by atoms with Gasteiger partial charge >= 0.3 is 6.03 Å². The van der Waals surface area contributed by atoms with E-state index in [-0.39, 0.29) is 0 Å². The van der Waals surface area contributed by atoms with Crippen LogP contribution in [0.15, 0.2) is 72.4 Å². The van der Waals surface area contributed by atoms with Gasteiger partial charge in [0.25, 0.3) is 0 Å². The number of carbonyl (C=O) groups excluding carboxylic acids is 2. The Bertz CT molecular complexity index is 1070. The van der Waals surface area contributed by atoms with Crippen molar-refractivity contribution >= 4 is 23.7 Å². The van der Waals surface area contributed by atoms with Gasteiger partial charge in [-0.3, -0.25) is 14.7 Å². The van der Waals surface area contributed by atoms with Crippen LogP contribution >= 0.6 is 11.8 Å². The second-order valence-electron chi connectivity index (χ2n) is 6.60. The highest BCUT2D eigenvalue weighted by molar-refractivity contribution is 8.00. The molecule has 0 saturated heterocycles. The van der Waals surface area contributed by atoms with Gasteiger partial charge in [-0.05, 0) is 24.6 Å². The largest absolute Gasteiger partial charge is 0.334 e. The van der Waals surface area contributed by atoms with Crippen molar-refractivity contribution in [2.75, 3.05) is 0 Å².